The third-order valence-electron chi connectivity index (χ3n) is 1.68. The van der Waals surface area contributed by atoms with Gasteiger partial charge in [-0.1, -0.05) is 23.5 Å². The number of aliphatic hydroxyl groups is 2. The van der Waals surface area contributed by atoms with Crippen LogP contribution in [0, 0.1) is 0 Å². The highest BCUT2D eigenvalue weighted by atomic mass is 32.2. The van der Waals surface area contributed by atoms with Gasteiger partial charge in [-0.15, -0.1) is 0 Å². The summed E-state index contributed by atoms with van der Waals surface area (Å²) in [4.78, 5) is 22.6. The second kappa shape index (κ2) is 6.44. The van der Waals surface area contributed by atoms with Gasteiger partial charge in [-0.3, -0.25) is 9.59 Å². The standard InChI is InChI=1S/C10H14O5S2/c1-5(2)15-7(12)3-6(11)4-8-16-9(13)10(14)17-8/h4-5,9-10,13-14H,3H2,1-2H3. The number of aliphatic hydroxyl groups excluding tert-OH is 2. The lowest BCUT2D eigenvalue weighted by atomic mass is 10.3. The van der Waals surface area contributed by atoms with Crippen molar-refractivity contribution >= 4 is 35.3 Å². The van der Waals surface area contributed by atoms with Gasteiger partial charge in [-0.25, -0.2) is 0 Å². The van der Waals surface area contributed by atoms with E-state index in [1.54, 1.807) is 13.8 Å². The van der Waals surface area contributed by atoms with E-state index in [9.17, 15) is 19.8 Å². The first kappa shape index (κ1) is 14.6. The van der Waals surface area contributed by atoms with Crippen LogP contribution in [-0.4, -0.2) is 38.9 Å². The molecule has 0 bridgehead atoms. The van der Waals surface area contributed by atoms with Crippen molar-refractivity contribution in [2.75, 3.05) is 0 Å². The monoisotopic (exact) mass is 278 g/mol. The molecule has 0 spiro atoms. The Hall–Kier alpha value is -0.500. The van der Waals surface area contributed by atoms with Crippen LogP contribution >= 0.6 is 23.5 Å². The Labute approximate surface area is 108 Å². The summed E-state index contributed by atoms with van der Waals surface area (Å²) in [6, 6.07) is 0. The molecular weight excluding hydrogens is 264 g/mol. The van der Waals surface area contributed by atoms with Crippen molar-refractivity contribution in [2.24, 2.45) is 0 Å². The normalized spacial score (nSPS) is 23.9. The Morgan fingerprint density at radius 2 is 1.88 bits per heavy atom. The SMILES string of the molecule is CC(C)OC(=O)CC(=O)C=C1SC(O)C(O)S1. The molecule has 1 rings (SSSR count). The second-order valence-electron chi connectivity index (χ2n) is 3.66. The minimum Gasteiger partial charge on any atom is -0.463 e. The smallest absolute Gasteiger partial charge is 0.313 e. The first-order valence-electron chi connectivity index (χ1n) is 5.02. The second-order valence-corrected chi connectivity index (χ2v) is 6.24. The average Bonchev–Trinajstić information content (AvgIpc) is 2.43. The van der Waals surface area contributed by atoms with Gasteiger partial charge in [0, 0.05) is 10.3 Å². The largest absolute Gasteiger partial charge is 0.463 e. The first-order valence-corrected chi connectivity index (χ1v) is 6.78. The molecule has 5 nitrogen and oxygen atoms in total. The fraction of sp³-hybridized carbons (Fsp3) is 0.600. The molecule has 0 radical (unpaired) electrons. The van der Waals surface area contributed by atoms with Crippen LogP contribution in [0.25, 0.3) is 0 Å². The number of ketones is 1. The molecule has 2 N–H and O–H groups in total. The average molecular weight is 278 g/mol. The molecule has 0 aromatic heterocycles. The molecule has 2 atom stereocenters. The molecule has 0 aromatic rings. The van der Waals surface area contributed by atoms with E-state index in [1.807, 2.05) is 0 Å². The zero-order valence-electron chi connectivity index (χ0n) is 9.45. The van der Waals surface area contributed by atoms with E-state index in [4.69, 9.17) is 4.74 Å². The van der Waals surface area contributed by atoms with Gasteiger partial charge in [-0.2, -0.15) is 0 Å². The summed E-state index contributed by atoms with van der Waals surface area (Å²) in [6.07, 6.45) is 0.674. The van der Waals surface area contributed by atoms with Crippen molar-refractivity contribution in [3.63, 3.8) is 0 Å². The van der Waals surface area contributed by atoms with Gasteiger partial charge >= 0.3 is 5.97 Å². The third-order valence-corrected chi connectivity index (χ3v) is 4.13. The van der Waals surface area contributed by atoms with E-state index in [0.717, 1.165) is 23.5 Å². The molecule has 0 saturated carbocycles. The Balaban J connectivity index is 2.44. The predicted octanol–water partition coefficient (Wildman–Crippen LogP) is 0.855. The van der Waals surface area contributed by atoms with Crippen molar-refractivity contribution in [3.8, 4) is 0 Å². The van der Waals surface area contributed by atoms with Crippen molar-refractivity contribution < 1.29 is 24.5 Å². The number of allylic oxidation sites excluding steroid dienone is 1. The quantitative estimate of drug-likeness (QED) is 0.448. The molecule has 1 fully saturated rings. The predicted molar refractivity (Wildman–Crippen MR) is 66.1 cm³/mol. The number of hydrogen-bond donors (Lipinski definition) is 2. The van der Waals surface area contributed by atoms with Crippen LogP contribution in [0.2, 0.25) is 0 Å². The number of rotatable bonds is 4. The van der Waals surface area contributed by atoms with Gasteiger partial charge in [0.05, 0.1) is 6.10 Å². The van der Waals surface area contributed by atoms with Crippen LogP contribution in [0.5, 0.6) is 0 Å². The molecule has 0 aromatic carbocycles. The van der Waals surface area contributed by atoms with Crippen LogP contribution in [-0.2, 0) is 14.3 Å². The van der Waals surface area contributed by atoms with Crippen LogP contribution in [0.4, 0.5) is 0 Å². The summed E-state index contributed by atoms with van der Waals surface area (Å²) < 4.78 is 5.33. The minimum absolute atomic E-state index is 0.248. The van der Waals surface area contributed by atoms with Gasteiger partial charge in [-0.05, 0) is 13.8 Å². The Morgan fingerprint density at radius 3 is 2.35 bits per heavy atom. The van der Waals surface area contributed by atoms with E-state index >= 15 is 0 Å². The highest BCUT2D eigenvalue weighted by Crippen LogP contribution is 2.44. The van der Waals surface area contributed by atoms with Gasteiger partial charge < -0.3 is 14.9 Å². The number of esters is 1. The van der Waals surface area contributed by atoms with Crippen LogP contribution in [0.15, 0.2) is 10.3 Å². The maximum Gasteiger partial charge on any atom is 0.313 e. The van der Waals surface area contributed by atoms with E-state index in [1.165, 1.54) is 6.08 Å². The number of thioether (sulfide) groups is 2. The highest BCUT2D eigenvalue weighted by molar-refractivity contribution is 8.25. The molecule has 2 unspecified atom stereocenters. The van der Waals surface area contributed by atoms with Crippen LogP contribution in [0.1, 0.15) is 20.3 Å². The maximum atomic E-state index is 11.4. The minimum atomic E-state index is -0.929. The number of ether oxygens (including phenoxy) is 1. The lowest BCUT2D eigenvalue weighted by Crippen LogP contribution is -2.14. The third kappa shape index (κ3) is 5.12. The Kier molecular flexibility index (Phi) is 5.51. The zero-order chi connectivity index (χ0) is 13.0. The van der Waals surface area contributed by atoms with Crippen molar-refractivity contribution in [3.05, 3.63) is 10.3 Å². The molecule has 1 aliphatic rings. The molecule has 96 valence electrons. The summed E-state index contributed by atoms with van der Waals surface area (Å²) >= 11 is 2.00. The molecule has 0 amide bonds. The molecule has 17 heavy (non-hydrogen) atoms. The van der Waals surface area contributed by atoms with Gasteiger partial charge in [0.15, 0.2) is 5.78 Å². The van der Waals surface area contributed by atoms with Crippen LogP contribution in [0.3, 0.4) is 0 Å². The first-order chi connectivity index (χ1) is 7.88. The zero-order valence-corrected chi connectivity index (χ0v) is 11.1. The summed E-state index contributed by atoms with van der Waals surface area (Å²) in [6.45, 7) is 3.41. The molecular formula is C10H14O5S2. The van der Waals surface area contributed by atoms with Gasteiger partial charge in [0.1, 0.15) is 17.3 Å². The highest BCUT2D eigenvalue weighted by Gasteiger charge is 2.29. The van der Waals surface area contributed by atoms with E-state index in [0.29, 0.717) is 4.24 Å². The van der Waals surface area contributed by atoms with Gasteiger partial charge in [0.25, 0.3) is 0 Å². The lowest BCUT2D eigenvalue weighted by Gasteiger charge is -2.05. The summed E-state index contributed by atoms with van der Waals surface area (Å²) in [7, 11) is 0. The summed E-state index contributed by atoms with van der Waals surface area (Å²) in [5.74, 6) is -0.970. The summed E-state index contributed by atoms with van der Waals surface area (Å²) in [5, 5.41) is 18.5. The van der Waals surface area contributed by atoms with Crippen LogP contribution < -0.4 is 0 Å². The van der Waals surface area contributed by atoms with E-state index in [2.05, 4.69) is 0 Å². The topological polar surface area (TPSA) is 83.8 Å². The fourth-order valence-electron chi connectivity index (χ4n) is 1.08. The number of carbonyl (C=O) groups excluding carboxylic acids is 2. The summed E-state index contributed by atoms with van der Waals surface area (Å²) in [5.41, 5.74) is -1.86. The molecule has 7 heteroatoms. The Morgan fingerprint density at radius 1 is 1.35 bits per heavy atom. The molecule has 1 aliphatic heterocycles. The van der Waals surface area contributed by atoms with Crippen molar-refractivity contribution in [1.82, 2.24) is 0 Å². The molecule has 1 heterocycles. The lowest BCUT2D eigenvalue weighted by molar-refractivity contribution is -0.148. The van der Waals surface area contributed by atoms with E-state index in [-0.39, 0.29) is 12.5 Å². The Bertz CT molecular complexity index is 328. The molecule has 1 saturated heterocycles. The number of hydrogen-bond acceptors (Lipinski definition) is 7. The van der Waals surface area contributed by atoms with Crippen molar-refractivity contribution in [1.29, 1.82) is 0 Å². The number of carbonyl (C=O) groups is 2. The maximum absolute atomic E-state index is 11.4. The van der Waals surface area contributed by atoms with Gasteiger partial charge in [0.2, 0.25) is 0 Å². The fourth-order valence-corrected chi connectivity index (χ4v) is 3.33. The molecule has 0 aliphatic carbocycles. The van der Waals surface area contributed by atoms with Crippen molar-refractivity contribution in [2.45, 2.75) is 37.2 Å². The van der Waals surface area contributed by atoms with E-state index < -0.39 is 22.6 Å².